The fourth-order valence-electron chi connectivity index (χ4n) is 1.31. The monoisotopic (exact) mass is 290 g/mol. The molecule has 0 saturated heterocycles. The maximum Gasteiger partial charge on any atom is 0.146 e. The third-order valence-electron chi connectivity index (χ3n) is 2.24. The number of hydrogen-bond acceptors (Lipinski definition) is 4. The number of benzene rings is 1. The zero-order chi connectivity index (χ0) is 15.0. The smallest absolute Gasteiger partial charge is 0.146 e. The molecule has 1 aromatic carbocycles. The van der Waals surface area contributed by atoms with E-state index < -0.39 is 0 Å². The zero-order valence-electron chi connectivity index (χ0n) is 11.5. The summed E-state index contributed by atoms with van der Waals surface area (Å²) in [7, 11) is 1.63. The highest BCUT2D eigenvalue weighted by atomic mass is 32.2. The summed E-state index contributed by atoms with van der Waals surface area (Å²) < 4.78 is 5.08. The van der Waals surface area contributed by atoms with Crippen LogP contribution in [-0.4, -0.2) is 23.8 Å². The van der Waals surface area contributed by atoms with Gasteiger partial charge in [0, 0.05) is 5.75 Å². The van der Waals surface area contributed by atoms with Crippen LogP contribution in [0, 0.1) is 10.8 Å². The fraction of sp³-hybridized carbons (Fsp3) is 0.214. The minimum absolute atomic E-state index is 0.0415. The highest BCUT2D eigenvalue weighted by Gasteiger charge is 1.98. The summed E-state index contributed by atoms with van der Waals surface area (Å²) in [5, 5.41) is 15.6. The van der Waals surface area contributed by atoms with Crippen molar-refractivity contribution in [2.75, 3.05) is 7.11 Å². The van der Waals surface area contributed by atoms with Gasteiger partial charge in [-0.3, -0.25) is 10.8 Å². The van der Waals surface area contributed by atoms with Gasteiger partial charge in [0.2, 0.25) is 0 Å². The Balaban J connectivity index is 2.44. The molecule has 1 rings (SSSR count). The Hall–Kier alpha value is -2.08. The van der Waals surface area contributed by atoms with Crippen molar-refractivity contribution in [3.63, 3.8) is 0 Å². The van der Waals surface area contributed by atoms with Crippen LogP contribution in [0.2, 0.25) is 0 Å². The van der Waals surface area contributed by atoms with Gasteiger partial charge in [-0.1, -0.05) is 12.1 Å². The van der Waals surface area contributed by atoms with Gasteiger partial charge in [0.1, 0.15) is 11.6 Å². The van der Waals surface area contributed by atoms with Crippen molar-refractivity contribution >= 4 is 28.5 Å². The van der Waals surface area contributed by atoms with Crippen LogP contribution >= 0.6 is 11.8 Å². The molecule has 4 N–H and O–H groups in total. The van der Waals surface area contributed by atoms with E-state index in [1.54, 1.807) is 20.1 Å². The van der Waals surface area contributed by atoms with Gasteiger partial charge in [0.05, 0.1) is 18.0 Å². The van der Waals surface area contributed by atoms with Gasteiger partial charge in [0.15, 0.2) is 0 Å². The highest BCUT2D eigenvalue weighted by Crippen LogP contribution is 2.17. The van der Waals surface area contributed by atoms with E-state index in [1.165, 1.54) is 17.8 Å². The molecule has 0 aliphatic rings. The van der Waals surface area contributed by atoms with Crippen molar-refractivity contribution in [2.45, 2.75) is 12.7 Å². The van der Waals surface area contributed by atoms with Crippen LogP contribution in [0.5, 0.6) is 5.75 Å². The van der Waals surface area contributed by atoms with E-state index in [9.17, 15) is 0 Å². The topological polar surface area (TPSA) is 95.3 Å². The summed E-state index contributed by atoms with van der Waals surface area (Å²) in [4.78, 5) is 3.76. The standard InChI is InChI=1S/C14H18N4OS/c1-10(15)18-13(16)7-8-14(17)20-9-11-3-5-12(19-2)6-4-11/h3-8,17H,9H2,1-2H3,(H3,15,16,18)/b8-7-,17-14?. The number of nitrogens with one attached hydrogen (secondary N) is 2. The minimum Gasteiger partial charge on any atom is -0.497 e. The lowest BCUT2D eigenvalue weighted by Crippen LogP contribution is -2.07. The first kappa shape index (κ1) is 16.0. The average molecular weight is 290 g/mol. The summed E-state index contributed by atoms with van der Waals surface area (Å²) in [6.07, 6.45) is 3.00. The molecule has 0 aromatic heterocycles. The van der Waals surface area contributed by atoms with E-state index in [-0.39, 0.29) is 5.84 Å². The van der Waals surface area contributed by atoms with Gasteiger partial charge < -0.3 is 10.5 Å². The molecule has 0 aliphatic heterocycles. The summed E-state index contributed by atoms with van der Waals surface area (Å²) >= 11 is 1.38. The number of nitrogens with zero attached hydrogens (tertiary/aromatic N) is 1. The SMILES string of the molecule is COc1ccc(CSC(=N)/C=C\C(=N)N=C(C)N)cc1. The van der Waals surface area contributed by atoms with Gasteiger partial charge in [-0.05, 0) is 36.8 Å². The Morgan fingerprint density at radius 3 is 2.50 bits per heavy atom. The highest BCUT2D eigenvalue weighted by molar-refractivity contribution is 8.13. The summed E-state index contributed by atoms with van der Waals surface area (Å²) in [6, 6.07) is 7.72. The molecule has 106 valence electrons. The van der Waals surface area contributed by atoms with E-state index in [0.717, 1.165) is 11.3 Å². The number of methoxy groups -OCH3 is 1. The molecular weight excluding hydrogens is 272 g/mol. The van der Waals surface area contributed by atoms with Crippen LogP contribution in [-0.2, 0) is 5.75 Å². The first-order valence-electron chi connectivity index (χ1n) is 5.93. The molecule has 0 bridgehead atoms. The van der Waals surface area contributed by atoms with Crippen molar-refractivity contribution in [3.05, 3.63) is 42.0 Å². The van der Waals surface area contributed by atoms with E-state index in [0.29, 0.717) is 16.6 Å². The molecule has 0 unspecified atom stereocenters. The molecule has 0 saturated carbocycles. The minimum atomic E-state index is 0.0415. The van der Waals surface area contributed by atoms with Gasteiger partial charge >= 0.3 is 0 Å². The first-order valence-corrected chi connectivity index (χ1v) is 6.91. The second kappa shape index (κ2) is 8.16. The van der Waals surface area contributed by atoms with Crippen molar-refractivity contribution in [1.29, 1.82) is 10.8 Å². The molecule has 0 amide bonds. The molecule has 0 aliphatic carbocycles. The van der Waals surface area contributed by atoms with Crippen molar-refractivity contribution < 1.29 is 4.74 Å². The molecule has 0 atom stereocenters. The number of amidine groups is 2. The number of rotatable bonds is 5. The molecule has 0 fully saturated rings. The lowest BCUT2D eigenvalue weighted by atomic mass is 10.2. The molecule has 0 heterocycles. The van der Waals surface area contributed by atoms with E-state index >= 15 is 0 Å². The molecule has 0 spiro atoms. The van der Waals surface area contributed by atoms with Crippen LogP contribution in [0.1, 0.15) is 12.5 Å². The zero-order valence-corrected chi connectivity index (χ0v) is 12.3. The normalized spacial score (nSPS) is 11.6. The average Bonchev–Trinajstić information content (AvgIpc) is 2.42. The summed E-state index contributed by atoms with van der Waals surface area (Å²) in [5.41, 5.74) is 6.48. The van der Waals surface area contributed by atoms with Gasteiger partial charge in [-0.25, -0.2) is 4.99 Å². The van der Waals surface area contributed by atoms with Crippen LogP contribution in [0.3, 0.4) is 0 Å². The van der Waals surface area contributed by atoms with Crippen molar-refractivity contribution in [3.8, 4) is 5.75 Å². The Kier molecular flexibility index (Phi) is 6.52. The fourth-order valence-corrected chi connectivity index (χ4v) is 1.99. The molecule has 1 aromatic rings. The lowest BCUT2D eigenvalue weighted by molar-refractivity contribution is 0.414. The number of hydrogen-bond donors (Lipinski definition) is 3. The molecule has 20 heavy (non-hydrogen) atoms. The second-order valence-electron chi connectivity index (χ2n) is 3.97. The molecule has 0 radical (unpaired) electrons. The van der Waals surface area contributed by atoms with E-state index in [1.807, 2.05) is 24.3 Å². The predicted octanol–water partition coefficient (Wildman–Crippen LogP) is 2.82. The van der Waals surface area contributed by atoms with Crippen LogP contribution in [0.25, 0.3) is 0 Å². The number of ether oxygens (including phenoxy) is 1. The number of aliphatic imine (C=N–C) groups is 1. The van der Waals surface area contributed by atoms with Gasteiger partial charge in [-0.2, -0.15) is 0 Å². The Bertz CT molecular complexity index is 531. The van der Waals surface area contributed by atoms with Crippen LogP contribution < -0.4 is 10.5 Å². The molecular formula is C14H18N4OS. The van der Waals surface area contributed by atoms with Crippen LogP contribution in [0.15, 0.2) is 41.4 Å². The predicted molar refractivity (Wildman–Crippen MR) is 86.2 cm³/mol. The van der Waals surface area contributed by atoms with Crippen LogP contribution in [0.4, 0.5) is 0 Å². The summed E-state index contributed by atoms with van der Waals surface area (Å²) in [5.74, 6) is 1.88. The Labute approximate surface area is 123 Å². The Morgan fingerprint density at radius 1 is 1.30 bits per heavy atom. The second-order valence-corrected chi connectivity index (χ2v) is 4.99. The van der Waals surface area contributed by atoms with Gasteiger partial charge in [0.25, 0.3) is 0 Å². The van der Waals surface area contributed by atoms with Crippen molar-refractivity contribution in [1.82, 2.24) is 0 Å². The maximum atomic E-state index is 7.77. The summed E-state index contributed by atoms with van der Waals surface area (Å²) in [6.45, 7) is 1.62. The number of nitrogens with two attached hydrogens (primary N) is 1. The third-order valence-corrected chi connectivity index (χ3v) is 3.17. The van der Waals surface area contributed by atoms with Gasteiger partial charge in [-0.15, -0.1) is 11.8 Å². The number of thioether (sulfide) groups is 1. The van der Waals surface area contributed by atoms with E-state index in [2.05, 4.69) is 4.99 Å². The third kappa shape index (κ3) is 6.19. The van der Waals surface area contributed by atoms with E-state index in [4.69, 9.17) is 21.3 Å². The lowest BCUT2D eigenvalue weighted by Gasteiger charge is -2.02. The quantitative estimate of drug-likeness (QED) is 0.574. The largest absolute Gasteiger partial charge is 0.497 e. The molecule has 5 nitrogen and oxygen atoms in total. The maximum absolute atomic E-state index is 7.77. The Morgan fingerprint density at radius 2 is 1.95 bits per heavy atom. The first-order chi connectivity index (χ1) is 9.51. The van der Waals surface area contributed by atoms with Crippen molar-refractivity contribution in [2.24, 2.45) is 10.7 Å². The molecule has 6 heteroatoms.